The molecule has 2 rings (SSSR count). The fourth-order valence-corrected chi connectivity index (χ4v) is 2.47. The van der Waals surface area contributed by atoms with Crippen LogP contribution < -0.4 is 4.90 Å². The molecule has 0 radical (unpaired) electrons. The number of para-hydroxylation sites is 1. The van der Waals surface area contributed by atoms with E-state index in [0.717, 1.165) is 11.0 Å². The number of nitro groups is 1. The van der Waals surface area contributed by atoms with Gasteiger partial charge in [-0.1, -0.05) is 35.3 Å². The average Bonchev–Trinajstić information content (AvgIpc) is 2.57. The van der Waals surface area contributed by atoms with Crippen molar-refractivity contribution in [1.82, 2.24) is 0 Å². The summed E-state index contributed by atoms with van der Waals surface area (Å²) in [6, 6.07) is 10.2. The van der Waals surface area contributed by atoms with Gasteiger partial charge in [0.05, 0.1) is 15.6 Å². The normalized spacial score (nSPS) is 10.7. The van der Waals surface area contributed by atoms with Crippen LogP contribution in [0.3, 0.4) is 0 Å². The Morgan fingerprint density at radius 3 is 2.50 bits per heavy atom. The lowest BCUT2D eigenvalue weighted by Crippen LogP contribution is -2.36. The molecule has 10 heteroatoms. The Balaban J connectivity index is 2.22. The number of hydrogen-bond donors (Lipinski definition) is 0. The summed E-state index contributed by atoms with van der Waals surface area (Å²) >= 11 is 11.7. The van der Waals surface area contributed by atoms with Crippen molar-refractivity contribution in [3.8, 4) is 0 Å². The molecule has 0 aliphatic heterocycles. The molecule has 0 aliphatic carbocycles. The van der Waals surface area contributed by atoms with Crippen molar-refractivity contribution in [2.24, 2.45) is 10.2 Å². The number of amides is 2. The van der Waals surface area contributed by atoms with Gasteiger partial charge in [-0.15, -0.1) is 5.11 Å². The van der Waals surface area contributed by atoms with Crippen LogP contribution in [0.25, 0.3) is 0 Å². The van der Waals surface area contributed by atoms with Crippen LogP contribution in [0.2, 0.25) is 10.0 Å². The fourth-order valence-electron chi connectivity index (χ4n) is 2.08. The second-order valence-electron chi connectivity index (χ2n) is 4.99. The molecule has 2 amide bonds. The molecule has 0 saturated carbocycles. The molecule has 8 nitrogen and oxygen atoms in total. The highest BCUT2D eigenvalue weighted by Crippen LogP contribution is 2.30. The number of nitro benzene ring substituents is 1. The zero-order chi connectivity index (χ0) is 19.3. The number of carbonyl (C=O) groups is 2. The quantitative estimate of drug-likeness (QED) is 0.420. The van der Waals surface area contributed by atoms with E-state index >= 15 is 0 Å². The highest BCUT2D eigenvalue weighted by Gasteiger charge is 2.22. The fraction of sp³-hybridized carbons (Fsp3) is 0.125. The topological polar surface area (TPSA) is 105 Å². The van der Waals surface area contributed by atoms with Gasteiger partial charge in [0.25, 0.3) is 11.6 Å². The number of halogens is 2. The van der Waals surface area contributed by atoms with Crippen LogP contribution >= 0.6 is 23.2 Å². The maximum Gasteiger partial charge on any atom is 0.298 e. The molecule has 0 aliphatic rings. The van der Waals surface area contributed by atoms with E-state index in [0.29, 0.717) is 0 Å². The van der Waals surface area contributed by atoms with E-state index in [1.807, 2.05) is 0 Å². The highest BCUT2D eigenvalue weighted by molar-refractivity contribution is 6.35. The molecular weight excluding hydrogens is 383 g/mol. The van der Waals surface area contributed by atoms with Gasteiger partial charge in [0.15, 0.2) is 5.69 Å². The van der Waals surface area contributed by atoms with E-state index in [1.165, 1.54) is 25.1 Å². The van der Waals surface area contributed by atoms with Gasteiger partial charge in [-0.25, -0.2) is 4.90 Å². The number of hydrogen-bond acceptors (Lipinski definition) is 6. The third kappa shape index (κ3) is 4.62. The van der Waals surface area contributed by atoms with E-state index in [2.05, 4.69) is 10.2 Å². The lowest BCUT2D eigenvalue weighted by Gasteiger charge is -2.19. The van der Waals surface area contributed by atoms with Crippen molar-refractivity contribution >= 4 is 52.1 Å². The summed E-state index contributed by atoms with van der Waals surface area (Å²) in [5.41, 5.74) is -0.179. The van der Waals surface area contributed by atoms with Gasteiger partial charge in [-0.3, -0.25) is 19.7 Å². The van der Waals surface area contributed by atoms with Crippen LogP contribution in [-0.4, -0.2) is 23.3 Å². The summed E-state index contributed by atoms with van der Waals surface area (Å²) in [6.07, 6.45) is 0. The predicted molar refractivity (Wildman–Crippen MR) is 97.1 cm³/mol. The number of benzene rings is 2. The van der Waals surface area contributed by atoms with Crippen LogP contribution in [0.5, 0.6) is 0 Å². The van der Waals surface area contributed by atoms with E-state index in [4.69, 9.17) is 23.2 Å². The van der Waals surface area contributed by atoms with Gasteiger partial charge in [0, 0.05) is 18.0 Å². The van der Waals surface area contributed by atoms with Gasteiger partial charge < -0.3 is 0 Å². The molecule has 0 N–H and O–H groups in total. The Labute approximate surface area is 158 Å². The first-order chi connectivity index (χ1) is 12.3. The SMILES string of the molecule is CC(=O)N(C(=O)CN=Nc1ccc(Cl)cc1[N+](=O)[O-])c1ccccc1Cl. The van der Waals surface area contributed by atoms with Gasteiger partial charge in [-0.2, -0.15) is 5.11 Å². The second kappa shape index (κ2) is 8.50. The average molecular weight is 395 g/mol. The first-order valence-electron chi connectivity index (χ1n) is 7.20. The van der Waals surface area contributed by atoms with Crippen LogP contribution in [0.4, 0.5) is 17.1 Å². The number of nitrogens with zero attached hydrogens (tertiary/aromatic N) is 4. The summed E-state index contributed by atoms with van der Waals surface area (Å²) in [7, 11) is 0. The molecule has 2 aromatic carbocycles. The molecule has 0 aromatic heterocycles. The molecule has 0 atom stereocenters. The zero-order valence-corrected chi connectivity index (χ0v) is 14.9. The third-order valence-electron chi connectivity index (χ3n) is 3.18. The van der Waals surface area contributed by atoms with E-state index in [9.17, 15) is 19.7 Å². The monoisotopic (exact) mass is 394 g/mol. The minimum Gasteiger partial charge on any atom is -0.274 e. The Bertz CT molecular complexity index is 902. The van der Waals surface area contributed by atoms with Crippen LogP contribution in [0.1, 0.15) is 6.92 Å². The molecule has 0 bridgehead atoms. The largest absolute Gasteiger partial charge is 0.298 e. The molecule has 0 fully saturated rings. The van der Waals surface area contributed by atoms with Crippen molar-refractivity contribution in [2.75, 3.05) is 11.4 Å². The Kier molecular flexibility index (Phi) is 6.37. The van der Waals surface area contributed by atoms with Gasteiger partial charge in [0.2, 0.25) is 5.91 Å². The van der Waals surface area contributed by atoms with Crippen molar-refractivity contribution in [1.29, 1.82) is 0 Å². The molecule has 134 valence electrons. The number of azo groups is 1. The van der Waals surface area contributed by atoms with Crippen molar-refractivity contribution in [3.63, 3.8) is 0 Å². The smallest absolute Gasteiger partial charge is 0.274 e. The summed E-state index contributed by atoms with van der Waals surface area (Å²) < 4.78 is 0. The minimum absolute atomic E-state index is 0.0562. The third-order valence-corrected chi connectivity index (χ3v) is 3.73. The van der Waals surface area contributed by atoms with E-state index < -0.39 is 23.3 Å². The summed E-state index contributed by atoms with van der Waals surface area (Å²) in [5.74, 6) is -1.22. The van der Waals surface area contributed by atoms with Crippen molar-refractivity contribution in [2.45, 2.75) is 6.92 Å². The summed E-state index contributed by atoms with van der Waals surface area (Å²) in [6.45, 7) is 0.715. The van der Waals surface area contributed by atoms with Crippen LogP contribution in [0, 0.1) is 10.1 Å². The van der Waals surface area contributed by atoms with Crippen LogP contribution in [0.15, 0.2) is 52.7 Å². The number of anilines is 1. The molecule has 2 aromatic rings. The molecule has 0 saturated heterocycles. The van der Waals surface area contributed by atoms with Gasteiger partial charge in [0.1, 0.15) is 6.54 Å². The Hall–Kier alpha value is -2.84. The van der Waals surface area contributed by atoms with Crippen molar-refractivity contribution in [3.05, 3.63) is 62.6 Å². The number of imide groups is 1. The molecule has 0 heterocycles. The number of rotatable bonds is 5. The first-order valence-corrected chi connectivity index (χ1v) is 7.96. The van der Waals surface area contributed by atoms with Crippen molar-refractivity contribution < 1.29 is 14.5 Å². The summed E-state index contributed by atoms with van der Waals surface area (Å²) in [5, 5.41) is 18.8. The van der Waals surface area contributed by atoms with Crippen LogP contribution in [-0.2, 0) is 9.59 Å². The molecular formula is C16H12Cl2N4O4. The first kappa shape index (κ1) is 19.5. The summed E-state index contributed by atoms with van der Waals surface area (Å²) in [4.78, 5) is 35.4. The van der Waals surface area contributed by atoms with E-state index in [-0.39, 0.29) is 27.1 Å². The van der Waals surface area contributed by atoms with E-state index in [1.54, 1.807) is 18.2 Å². The molecule has 26 heavy (non-hydrogen) atoms. The standard InChI is InChI=1S/C16H12Cl2N4O4/c1-10(23)21(14-5-3-2-4-12(14)18)16(24)9-19-20-13-7-6-11(17)8-15(13)22(25)26/h2-8H,9H2,1H3. The second-order valence-corrected chi connectivity index (χ2v) is 5.83. The number of carbonyl (C=O) groups excluding carboxylic acids is 2. The maximum absolute atomic E-state index is 12.3. The lowest BCUT2D eigenvalue weighted by atomic mass is 10.2. The lowest BCUT2D eigenvalue weighted by molar-refractivity contribution is -0.384. The van der Waals surface area contributed by atoms with Gasteiger partial charge >= 0.3 is 0 Å². The maximum atomic E-state index is 12.3. The highest BCUT2D eigenvalue weighted by atomic mass is 35.5. The predicted octanol–water partition coefficient (Wildman–Crippen LogP) is 4.57. The minimum atomic E-state index is -0.675. The Morgan fingerprint density at radius 1 is 1.19 bits per heavy atom. The zero-order valence-electron chi connectivity index (χ0n) is 13.4. The Morgan fingerprint density at radius 2 is 1.88 bits per heavy atom. The molecule has 0 unspecified atom stereocenters. The van der Waals surface area contributed by atoms with Gasteiger partial charge in [-0.05, 0) is 24.3 Å². The molecule has 0 spiro atoms.